The summed E-state index contributed by atoms with van der Waals surface area (Å²) in [6.45, 7) is 1.52. The maximum Gasteiger partial charge on any atom is 0.252 e. The van der Waals surface area contributed by atoms with Gasteiger partial charge in [0.25, 0.3) is 5.91 Å². The van der Waals surface area contributed by atoms with Crippen molar-refractivity contribution < 1.29 is 23.8 Å². The second-order valence-corrected chi connectivity index (χ2v) is 8.56. The average Bonchev–Trinajstić information content (AvgIpc) is 3.32. The van der Waals surface area contributed by atoms with Crippen LogP contribution in [0.4, 0.5) is 8.78 Å². The number of amides is 1. The van der Waals surface area contributed by atoms with Crippen molar-refractivity contribution in [2.24, 2.45) is 7.05 Å². The van der Waals surface area contributed by atoms with Crippen LogP contribution in [0, 0.1) is 11.6 Å². The minimum absolute atomic E-state index is 0.00113. The summed E-state index contributed by atoms with van der Waals surface area (Å²) < 4.78 is 29.8. The molecule has 4 rings (SSSR count). The second-order valence-electron chi connectivity index (χ2n) is 8.13. The maximum absolute atomic E-state index is 15.0. The number of aliphatic hydroxyl groups excluding tert-OH is 1. The smallest absolute Gasteiger partial charge is 0.252 e. The number of carbonyl (C=O) groups is 1. The Bertz CT molecular complexity index is 1220. The van der Waals surface area contributed by atoms with Crippen LogP contribution in [0.5, 0.6) is 0 Å². The zero-order valence-electron chi connectivity index (χ0n) is 17.8. The molecule has 0 spiro atoms. The summed E-state index contributed by atoms with van der Waals surface area (Å²) in [4.78, 5) is 17.8. The Morgan fingerprint density at radius 3 is 2.70 bits per heavy atom. The molecule has 1 aromatic carbocycles. The van der Waals surface area contributed by atoms with Gasteiger partial charge in [0.05, 0.1) is 30.5 Å². The molecular weight excluding hydrogens is 458 g/mol. The van der Waals surface area contributed by atoms with Crippen molar-refractivity contribution in [3.63, 3.8) is 0 Å². The van der Waals surface area contributed by atoms with E-state index in [1.165, 1.54) is 26.2 Å². The summed E-state index contributed by atoms with van der Waals surface area (Å²) in [5, 5.41) is 34.2. The van der Waals surface area contributed by atoms with E-state index in [0.717, 1.165) is 16.9 Å². The van der Waals surface area contributed by atoms with Crippen LogP contribution in [-0.4, -0.2) is 53.0 Å². The lowest BCUT2D eigenvalue weighted by Crippen LogP contribution is -2.46. The number of carbonyl (C=O) groups excluding carboxylic acids is 1. The topological polar surface area (TPSA) is 126 Å². The van der Waals surface area contributed by atoms with E-state index in [9.17, 15) is 19.4 Å². The molecule has 2 aromatic heterocycles. The van der Waals surface area contributed by atoms with E-state index in [4.69, 9.17) is 11.6 Å². The second kappa shape index (κ2) is 8.73. The molecule has 0 saturated heterocycles. The van der Waals surface area contributed by atoms with Crippen LogP contribution < -0.4 is 5.32 Å². The van der Waals surface area contributed by atoms with Gasteiger partial charge in [0.15, 0.2) is 0 Å². The minimum atomic E-state index is -1.71. The molecular formula is C21H21ClF2N6O3. The highest BCUT2D eigenvalue weighted by Gasteiger charge is 2.43. The molecule has 3 aromatic rings. The highest BCUT2D eigenvalue weighted by molar-refractivity contribution is 6.31. The van der Waals surface area contributed by atoms with Crippen molar-refractivity contribution in [2.45, 2.75) is 43.9 Å². The molecule has 1 aliphatic carbocycles. The molecule has 12 heteroatoms. The van der Waals surface area contributed by atoms with E-state index in [-0.39, 0.29) is 46.1 Å². The SMILES string of the molecule is CC(NC(=O)C1(O)CCC(O)C1)c1ncc(-c2cc(Cl)cc(F)c2-c2nnn(C)n2)cc1F. The number of nitrogens with zero attached hydrogens (tertiary/aromatic N) is 5. The molecule has 0 bridgehead atoms. The van der Waals surface area contributed by atoms with Crippen molar-refractivity contribution in [3.8, 4) is 22.5 Å². The number of aromatic nitrogens is 5. The monoisotopic (exact) mass is 478 g/mol. The lowest BCUT2D eigenvalue weighted by Gasteiger charge is -2.24. The van der Waals surface area contributed by atoms with Gasteiger partial charge >= 0.3 is 0 Å². The van der Waals surface area contributed by atoms with Gasteiger partial charge in [0.2, 0.25) is 5.82 Å². The first-order valence-corrected chi connectivity index (χ1v) is 10.6. The number of hydrogen-bond acceptors (Lipinski definition) is 7. The fraction of sp³-hybridized carbons (Fsp3) is 0.381. The lowest BCUT2D eigenvalue weighted by molar-refractivity contribution is -0.140. The third-order valence-electron chi connectivity index (χ3n) is 5.61. The predicted octanol–water partition coefficient (Wildman–Crippen LogP) is 2.32. The first-order valence-electron chi connectivity index (χ1n) is 10.2. The van der Waals surface area contributed by atoms with Crippen LogP contribution in [0.15, 0.2) is 24.4 Å². The number of halogens is 3. The Kier molecular flexibility index (Phi) is 6.12. The van der Waals surface area contributed by atoms with E-state index >= 15 is 4.39 Å². The van der Waals surface area contributed by atoms with Crippen molar-refractivity contribution in [1.82, 2.24) is 30.5 Å². The van der Waals surface area contributed by atoms with E-state index in [0.29, 0.717) is 6.42 Å². The molecule has 0 radical (unpaired) electrons. The van der Waals surface area contributed by atoms with Gasteiger partial charge < -0.3 is 15.5 Å². The number of nitrogens with one attached hydrogen (secondary N) is 1. The molecule has 3 unspecified atom stereocenters. The van der Waals surface area contributed by atoms with Crippen LogP contribution >= 0.6 is 11.6 Å². The van der Waals surface area contributed by atoms with E-state index in [1.807, 2.05) is 0 Å². The minimum Gasteiger partial charge on any atom is -0.393 e. The summed E-state index contributed by atoms with van der Waals surface area (Å²) in [6.07, 6.45) is 0.890. The van der Waals surface area contributed by atoms with Gasteiger partial charge in [0.1, 0.15) is 17.2 Å². The normalized spacial score (nSPS) is 21.2. The Balaban J connectivity index is 1.64. The van der Waals surface area contributed by atoms with Gasteiger partial charge in [-0.3, -0.25) is 9.78 Å². The third-order valence-corrected chi connectivity index (χ3v) is 5.83. The largest absolute Gasteiger partial charge is 0.393 e. The van der Waals surface area contributed by atoms with Crippen molar-refractivity contribution in [2.75, 3.05) is 0 Å². The summed E-state index contributed by atoms with van der Waals surface area (Å²) >= 11 is 6.02. The fourth-order valence-corrected chi connectivity index (χ4v) is 4.14. The highest BCUT2D eigenvalue weighted by atomic mass is 35.5. The standard InChI is InChI=1S/C21H21ClF2N6O3/c1-10(26-20(32)21(33)4-3-13(31)8-21)18-16(24)5-11(9-25-18)14-6-12(22)7-15(23)17(14)19-27-29-30(2)28-19/h5-7,9-10,13,31,33H,3-4,8H2,1-2H3,(H,26,32). The molecule has 9 nitrogen and oxygen atoms in total. The molecule has 33 heavy (non-hydrogen) atoms. The van der Waals surface area contributed by atoms with Crippen molar-refractivity contribution >= 4 is 17.5 Å². The number of rotatable bonds is 5. The summed E-state index contributed by atoms with van der Waals surface area (Å²) in [5.41, 5.74) is -1.35. The van der Waals surface area contributed by atoms with Gasteiger partial charge in [-0.2, -0.15) is 4.80 Å². The Morgan fingerprint density at radius 2 is 2.09 bits per heavy atom. The predicted molar refractivity (Wildman–Crippen MR) is 114 cm³/mol. The van der Waals surface area contributed by atoms with Crippen LogP contribution in [0.1, 0.15) is 37.9 Å². The van der Waals surface area contributed by atoms with Crippen molar-refractivity contribution in [1.29, 1.82) is 0 Å². The summed E-state index contributed by atoms with van der Waals surface area (Å²) in [6, 6.07) is 2.81. The molecule has 2 heterocycles. The zero-order chi connectivity index (χ0) is 23.9. The highest BCUT2D eigenvalue weighted by Crippen LogP contribution is 2.36. The first kappa shape index (κ1) is 23.1. The van der Waals surface area contributed by atoms with Crippen LogP contribution in [0.2, 0.25) is 5.02 Å². The number of pyridine rings is 1. The molecule has 1 saturated carbocycles. The van der Waals surface area contributed by atoms with E-state index in [2.05, 4.69) is 25.7 Å². The number of benzene rings is 1. The Morgan fingerprint density at radius 1 is 1.33 bits per heavy atom. The van der Waals surface area contributed by atoms with Gasteiger partial charge in [-0.25, -0.2) is 8.78 Å². The van der Waals surface area contributed by atoms with Gasteiger partial charge in [-0.1, -0.05) is 11.6 Å². The molecule has 174 valence electrons. The summed E-state index contributed by atoms with van der Waals surface area (Å²) in [5.74, 6) is -2.16. The van der Waals surface area contributed by atoms with Gasteiger partial charge in [-0.15, -0.1) is 10.2 Å². The van der Waals surface area contributed by atoms with E-state index in [1.54, 1.807) is 0 Å². The molecule has 1 fully saturated rings. The number of hydrogen-bond donors (Lipinski definition) is 3. The summed E-state index contributed by atoms with van der Waals surface area (Å²) in [7, 11) is 1.53. The van der Waals surface area contributed by atoms with Gasteiger partial charge in [-0.05, 0) is 48.7 Å². The van der Waals surface area contributed by atoms with Gasteiger partial charge in [0, 0.05) is 23.2 Å². The Labute approximate surface area is 192 Å². The molecule has 3 N–H and O–H groups in total. The van der Waals surface area contributed by atoms with Crippen LogP contribution in [-0.2, 0) is 11.8 Å². The molecule has 1 aliphatic rings. The molecule has 1 amide bonds. The zero-order valence-corrected chi connectivity index (χ0v) is 18.5. The molecule has 0 aliphatic heterocycles. The van der Waals surface area contributed by atoms with E-state index < -0.39 is 35.3 Å². The fourth-order valence-electron chi connectivity index (χ4n) is 3.93. The quantitative estimate of drug-likeness (QED) is 0.513. The maximum atomic E-state index is 15.0. The number of aliphatic hydroxyl groups is 2. The van der Waals surface area contributed by atoms with Crippen molar-refractivity contribution in [3.05, 3.63) is 46.7 Å². The lowest BCUT2D eigenvalue weighted by atomic mass is 9.98. The molecule has 3 atom stereocenters. The van der Waals surface area contributed by atoms with Crippen LogP contribution in [0.25, 0.3) is 22.5 Å². The first-order chi connectivity index (χ1) is 15.6. The Hall–Kier alpha value is -3.02. The van der Waals surface area contributed by atoms with Crippen LogP contribution in [0.3, 0.4) is 0 Å². The average molecular weight is 479 g/mol. The third kappa shape index (κ3) is 4.56. The number of tetrazole rings is 1. The number of aryl methyl sites for hydroxylation is 1.